The Morgan fingerprint density at radius 1 is 1.53 bits per heavy atom. The number of hydrogen-bond donors (Lipinski definition) is 1. The molecule has 0 aromatic heterocycles. The Bertz CT molecular complexity index is 253. The first-order valence-electron chi connectivity index (χ1n) is 5.24. The molecule has 0 aliphatic carbocycles. The lowest BCUT2D eigenvalue weighted by atomic mass is 9.94. The quantitative estimate of drug-likeness (QED) is 0.698. The minimum Gasteiger partial charge on any atom is -0.339 e. The standard InChI is InChI=1S/C11H20N2O.ClH/c1-4-8(2)11(14)13-6-5-10(12)9(3)7-13;/h4,9-10H,5-7,12H2,1-3H3;1H/b8-4-;. The Balaban J connectivity index is 0.00000196. The van der Waals surface area contributed by atoms with Crippen LogP contribution in [0.2, 0.25) is 0 Å². The van der Waals surface area contributed by atoms with Gasteiger partial charge in [0.1, 0.15) is 0 Å². The van der Waals surface area contributed by atoms with Crippen LogP contribution in [0.4, 0.5) is 0 Å². The summed E-state index contributed by atoms with van der Waals surface area (Å²) in [5.74, 6) is 0.573. The molecule has 15 heavy (non-hydrogen) atoms. The lowest BCUT2D eigenvalue weighted by Gasteiger charge is -2.35. The average molecular weight is 233 g/mol. The number of carbonyl (C=O) groups excluding carboxylic acids is 1. The highest BCUT2D eigenvalue weighted by Crippen LogP contribution is 2.16. The molecule has 1 amide bonds. The first-order chi connectivity index (χ1) is 6.56. The minimum atomic E-state index is 0. The Kier molecular flexibility index (Phi) is 5.91. The summed E-state index contributed by atoms with van der Waals surface area (Å²) < 4.78 is 0. The van der Waals surface area contributed by atoms with Gasteiger partial charge in [-0.05, 0) is 26.2 Å². The Morgan fingerprint density at radius 3 is 2.60 bits per heavy atom. The summed E-state index contributed by atoms with van der Waals surface area (Å²) >= 11 is 0. The molecule has 0 spiro atoms. The molecule has 0 bridgehead atoms. The van der Waals surface area contributed by atoms with Gasteiger partial charge in [0.25, 0.3) is 0 Å². The van der Waals surface area contributed by atoms with Crippen LogP contribution in [0.15, 0.2) is 11.6 Å². The van der Waals surface area contributed by atoms with Gasteiger partial charge in [0.2, 0.25) is 5.91 Å². The van der Waals surface area contributed by atoms with Crippen LogP contribution in [-0.4, -0.2) is 29.9 Å². The first kappa shape index (κ1) is 14.5. The van der Waals surface area contributed by atoms with E-state index in [1.165, 1.54) is 0 Å². The molecule has 1 aliphatic heterocycles. The summed E-state index contributed by atoms with van der Waals surface area (Å²) in [6, 6.07) is 0.255. The number of nitrogens with two attached hydrogens (primary N) is 1. The van der Waals surface area contributed by atoms with E-state index in [0.29, 0.717) is 5.92 Å². The number of amides is 1. The van der Waals surface area contributed by atoms with E-state index < -0.39 is 0 Å². The molecule has 0 aromatic carbocycles. The van der Waals surface area contributed by atoms with Gasteiger partial charge in [-0.15, -0.1) is 12.4 Å². The predicted molar refractivity (Wildman–Crippen MR) is 65.0 cm³/mol. The Hall–Kier alpha value is -0.540. The third kappa shape index (κ3) is 3.50. The molecule has 4 heteroatoms. The van der Waals surface area contributed by atoms with Gasteiger partial charge in [0.15, 0.2) is 0 Å². The molecule has 2 unspecified atom stereocenters. The Labute approximate surface area is 98.1 Å². The van der Waals surface area contributed by atoms with Crippen molar-refractivity contribution in [3.8, 4) is 0 Å². The summed E-state index contributed by atoms with van der Waals surface area (Å²) in [6.45, 7) is 7.46. The van der Waals surface area contributed by atoms with Crippen molar-refractivity contribution in [1.82, 2.24) is 4.90 Å². The van der Waals surface area contributed by atoms with E-state index in [-0.39, 0.29) is 24.4 Å². The molecule has 1 fully saturated rings. The summed E-state index contributed by atoms with van der Waals surface area (Å²) in [6.07, 6.45) is 2.78. The molecule has 0 aromatic rings. The summed E-state index contributed by atoms with van der Waals surface area (Å²) in [7, 11) is 0. The van der Waals surface area contributed by atoms with Gasteiger partial charge in [-0.3, -0.25) is 4.79 Å². The van der Waals surface area contributed by atoms with E-state index >= 15 is 0 Å². The number of rotatable bonds is 1. The molecule has 0 saturated carbocycles. The fourth-order valence-corrected chi connectivity index (χ4v) is 1.72. The number of carbonyl (C=O) groups is 1. The SMILES string of the molecule is C/C=C(/C)C(=O)N1CCC(N)C(C)C1.Cl. The van der Waals surface area contributed by atoms with E-state index in [4.69, 9.17) is 5.73 Å². The van der Waals surface area contributed by atoms with Gasteiger partial charge in [-0.2, -0.15) is 0 Å². The second-order valence-electron chi connectivity index (χ2n) is 4.15. The average Bonchev–Trinajstić information content (AvgIpc) is 2.20. The number of allylic oxidation sites excluding steroid dienone is 1. The van der Waals surface area contributed by atoms with Gasteiger partial charge >= 0.3 is 0 Å². The zero-order valence-electron chi connectivity index (χ0n) is 9.69. The number of piperidine rings is 1. The smallest absolute Gasteiger partial charge is 0.249 e. The van der Waals surface area contributed by atoms with Crippen molar-refractivity contribution < 1.29 is 4.79 Å². The molecule has 1 aliphatic rings. The van der Waals surface area contributed by atoms with Crippen LogP contribution in [0.3, 0.4) is 0 Å². The van der Waals surface area contributed by atoms with Crippen LogP contribution in [0.25, 0.3) is 0 Å². The molecule has 3 nitrogen and oxygen atoms in total. The summed E-state index contributed by atoms with van der Waals surface area (Å²) in [5, 5.41) is 0. The number of hydrogen-bond acceptors (Lipinski definition) is 2. The van der Waals surface area contributed by atoms with Crippen LogP contribution >= 0.6 is 12.4 Å². The van der Waals surface area contributed by atoms with Crippen LogP contribution < -0.4 is 5.73 Å². The van der Waals surface area contributed by atoms with Crippen LogP contribution in [0, 0.1) is 5.92 Å². The van der Waals surface area contributed by atoms with Crippen molar-refractivity contribution in [2.24, 2.45) is 11.7 Å². The van der Waals surface area contributed by atoms with Crippen molar-refractivity contribution >= 4 is 18.3 Å². The van der Waals surface area contributed by atoms with Crippen molar-refractivity contribution in [3.63, 3.8) is 0 Å². The van der Waals surface area contributed by atoms with Crippen molar-refractivity contribution in [3.05, 3.63) is 11.6 Å². The van der Waals surface area contributed by atoms with Crippen molar-refractivity contribution in [2.45, 2.75) is 33.2 Å². The lowest BCUT2D eigenvalue weighted by molar-refractivity contribution is -0.128. The van der Waals surface area contributed by atoms with Crippen LogP contribution in [0.5, 0.6) is 0 Å². The molecule has 1 rings (SSSR count). The third-order valence-corrected chi connectivity index (χ3v) is 3.03. The van der Waals surface area contributed by atoms with E-state index in [1.54, 1.807) is 0 Å². The van der Waals surface area contributed by atoms with E-state index in [9.17, 15) is 4.79 Å². The van der Waals surface area contributed by atoms with E-state index in [1.807, 2.05) is 24.8 Å². The minimum absolute atomic E-state index is 0. The zero-order chi connectivity index (χ0) is 10.7. The molecule has 2 N–H and O–H groups in total. The predicted octanol–water partition coefficient (Wildman–Crippen LogP) is 1.57. The van der Waals surface area contributed by atoms with Gasteiger partial charge in [-0.25, -0.2) is 0 Å². The highest BCUT2D eigenvalue weighted by atomic mass is 35.5. The van der Waals surface area contributed by atoms with Crippen molar-refractivity contribution in [2.75, 3.05) is 13.1 Å². The molecule has 2 atom stereocenters. The monoisotopic (exact) mass is 232 g/mol. The summed E-state index contributed by atoms with van der Waals surface area (Å²) in [4.78, 5) is 13.7. The molecule has 88 valence electrons. The van der Waals surface area contributed by atoms with Gasteiger partial charge in [0.05, 0.1) is 0 Å². The first-order valence-corrected chi connectivity index (χ1v) is 5.24. The molecule has 1 saturated heterocycles. The topological polar surface area (TPSA) is 46.3 Å². The largest absolute Gasteiger partial charge is 0.339 e. The van der Waals surface area contributed by atoms with E-state index in [0.717, 1.165) is 25.1 Å². The fourth-order valence-electron chi connectivity index (χ4n) is 1.72. The van der Waals surface area contributed by atoms with Crippen LogP contribution in [0.1, 0.15) is 27.2 Å². The molecule has 1 heterocycles. The Morgan fingerprint density at radius 2 is 2.13 bits per heavy atom. The van der Waals surface area contributed by atoms with Gasteiger partial charge < -0.3 is 10.6 Å². The lowest BCUT2D eigenvalue weighted by Crippen LogP contribution is -2.48. The highest BCUT2D eigenvalue weighted by Gasteiger charge is 2.26. The van der Waals surface area contributed by atoms with Crippen molar-refractivity contribution in [1.29, 1.82) is 0 Å². The summed E-state index contributed by atoms with van der Waals surface area (Å²) in [5.41, 5.74) is 6.72. The molecule has 0 radical (unpaired) electrons. The fraction of sp³-hybridized carbons (Fsp3) is 0.727. The maximum atomic E-state index is 11.8. The van der Waals surface area contributed by atoms with Gasteiger partial charge in [-0.1, -0.05) is 13.0 Å². The van der Waals surface area contributed by atoms with Crippen LogP contribution in [-0.2, 0) is 4.79 Å². The highest BCUT2D eigenvalue weighted by molar-refractivity contribution is 5.92. The number of likely N-dealkylation sites (tertiary alicyclic amines) is 1. The zero-order valence-corrected chi connectivity index (χ0v) is 10.5. The normalized spacial score (nSPS) is 27.2. The second-order valence-corrected chi connectivity index (χ2v) is 4.15. The second kappa shape index (κ2) is 6.13. The van der Waals surface area contributed by atoms with E-state index in [2.05, 4.69) is 6.92 Å². The maximum absolute atomic E-state index is 11.8. The molecular weight excluding hydrogens is 212 g/mol. The number of halogens is 1. The number of nitrogens with zero attached hydrogens (tertiary/aromatic N) is 1. The van der Waals surface area contributed by atoms with Gasteiger partial charge in [0, 0.05) is 24.7 Å². The molecular formula is C11H21ClN2O. The maximum Gasteiger partial charge on any atom is 0.249 e. The third-order valence-electron chi connectivity index (χ3n) is 3.03.